The van der Waals surface area contributed by atoms with Crippen molar-refractivity contribution in [1.29, 1.82) is 0 Å². The summed E-state index contributed by atoms with van der Waals surface area (Å²) in [6, 6.07) is 7.63. The molecule has 1 amide bonds. The van der Waals surface area contributed by atoms with E-state index in [1.54, 1.807) is 18.2 Å². The lowest BCUT2D eigenvalue weighted by atomic mass is 9.95. The molecule has 0 fully saturated rings. The molecular formula is C20H16ClFN2O4. The van der Waals surface area contributed by atoms with Gasteiger partial charge >= 0.3 is 0 Å². The smallest absolute Gasteiger partial charge is 0.293 e. The number of hydrogen-bond donors (Lipinski definition) is 1. The number of rotatable bonds is 3. The molecule has 0 bridgehead atoms. The molecule has 3 aromatic rings. The summed E-state index contributed by atoms with van der Waals surface area (Å²) < 4.78 is 20.1. The lowest BCUT2D eigenvalue weighted by Crippen LogP contribution is -2.39. The van der Waals surface area contributed by atoms with Gasteiger partial charge in [0.1, 0.15) is 5.82 Å². The molecule has 2 aromatic heterocycles. The number of aromatic hydroxyl groups is 1. The number of carbonyl (C=O) groups excluding carboxylic acids is 1. The summed E-state index contributed by atoms with van der Waals surface area (Å²) in [7, 11) is 1.53. The predicted molar refractivity (Wildman–Crippen MR) is 101 cm³/mol. The van der Waals surface area contributed by atoms with Crippen molar-refractivity contribution in [2.75, 3.05) is 6.54 Å². The molecule has 0 atom stereocenters. The molecule has 1 aromatic carbocycles. The van der Waals surface area contributed by atoms with Crippen molar-refractivity contribution in [2.24, 2.45) is 7.05 Å². The van der Waals surface area contributed by atoms with E-state index in [2.05, 4.69) is 0 Å². The van der Waals surface area contributed by atoms with Crippen molar-refractivity contribution in [1.82, 2.24) is 9.47 Å². The zero-order valence-corrected chi connectivity index (χ0v) is 15.7. The molecule has 3 heterocycles. The number of halogens is 2. The maximum atomic E-state index is 13.4. The Morgan fingerprint density at radius 1 is 1.29 bits per heavy atom. The normalized spacial score (nSPS) is 13.7. The SMILES string of the molecule is Cn1c(-c2ccco2)c2c(c(O)c1=O)C(=O)N(Cc1ccc(F)c(Cl)c1)CC2. The molecule has 6 nitrogen and oxygen atoms in total. The second-order valence-corrected chi connectivity index (χ2v) is 7.02. The van der Waals surface area contributed by atoms with E-state index in [1.807, 2.05) is 0 Å². The van der Waals surface area contributed by atoms with Gasteiger partial charge in [-0.1, -0.05) is 17.7 Å². The van der Waals surface area contributed by atoms with Crippen LogP contribution >= 0.6 is 11.6 Å². The number of carbonyl (C=O) groups is 1. The molecule has 0 unspecified atom stereocenters. The summed E-state index contributed by atoms with van der Waals surface area (Å²) in [4.78, 5) is 27.0. The minimum atomic E-state index is -0.676. The molecule has 0 saturated heterocycles. The standard InChI is InChI=1S/C20H16ClFN2O4/c1-23-17(15-3-2-8-28-15)12-6-7-24(19(26)16(12)18(25)20(23)27)10-11-4-5-14(22)13(21)9-11/h2-5,8-9,25H,6-7,10H2,1H3. The van der Waals surface area contributed by atoms with E-state index in [4.69, 9.17) is 16.0 Å². The summed E-state index contributed by atoms with van der Waals surface area (Å²) in [5.41, 5.74) is 0.991. The Bertz CT molecular complexity index is 1140. The molecule has 0 spiro atoms. The van der Waals surface area contributed by atoms with Gasteiger partial charge < -0.3 is 19.0 Å². The van der Waals surface area contributed by atoms with Crippen LogP contribution in [0.25, 0.3) is 11.5 Å². The van der Waals surface area contributed by atoms with Gasteiger partial charge in [-0.15, -0.1) is 0 Å². The first-order chi connectivity index (χ1) is 13.4. The fourth-order valence-electron chi connectivity index (χ4n) is 3.55. The highest BCUT2D eigenvalue weighted by Gasteiger charge is 2.33. The van der Waals surface area contributed by atoms with Gasteiger partial charge in [0.2, 0.25) is 0 Å². The van der Waals surface area contributed by atoms with Crippen LogP contribution in [-0.2, 0) is 20.0 Å². The third kappa shape index (κ3) is 2.88. The Labute approximate surface area is 164 Å². The highest BCUT2D eigenvalue weighted by Crippen LogP contribution is 2.33. The Kier molecular flexibility index (Phi) is 4.47. The average Bonchev–Trinajstić information content (AvgIpc) is 3.19. The molecule has 0 aliphatic carbocycles. The fraction of sp³-hybridized carbons (Fsp3) is 0.200. The Morgan fingerprint density at radius 3 is 2.75 bits per heavy atom. The molecule has 0 saturated carbocycles. The molecular weight excluding hydrogens is 387 g/mol. The zero-order valence-electron chi connectivity index (χ0n) is 14.9. The summed E-state index contributed by atoms with van der Waals surface area (Å²) in [6.45, 7) is 0.551. The number of furan rings is 1. The van der Waals surface area contributed by atoms with Crippen molar-refractivity contribution >= 4 is 17.5 Å². The molecule has 1 N–H and O–H groups in total. The largest absolute Gasteiger partial charge is 0.502 e. The average molecular weight is 403 g/mol. The van der Waals surface area contributed by atoms with E-state index in [0.717, 1.165) is 0 Å². The monoisotopic (exact) mass is 402 g/mol. The maximum absolute atomic E-state index is 13.4. The van der Waals surface area contributed by atoms with E-state index in [9.17, 15) is 19.1 Å². The van der Waals surface area contributed by atoms with E-state index in [1.165, 1.54) is 34.9 Å². The van der Waals surface area contributed by atoms with Crippen LogP contribution in [0.3, 0.4) is 0 Å². The van der Waals surface area contributed by atoms with Crippen LogP contribution in [0.5, 0.6) is 5.75 Å². The van der Waals surface area contributed by atoms with Crippen LogP contribution in [0.2, 0.25) is 5.02 Å². The van der Waals surface area contributed by atoms with Crippen LogP contribution in [-0.4, -0.2) is 27.0 Å². The molecule has 1 aliphatic heterocycles. The molecule has 4 rings (SSSR count). The van der Waals surface area contributed by atoms with Crippen LogP contribution in [0.15, 0.2) is 45.8 Å². The molecule has 1 aliphatic rings. The van der Waals surface area contributed by atoms with Crippen molar-refractivity contribution < 1.29 is 18.7 Å². The predicted octanol–water partition coefficient (Wildman–Crippen LogP) is 3.34. The highest BCUT2D eigenvalue weighted by atomic mass is 35.5. The molecule has 28 heavy (non-hydrogen) atoms. The first-order valence-corrected chi connectivity index (χ1v) is 8.98. The number of amides is 1. The number of fused-ring (bicyclic) bond motifs is 1. The number of aromatic nitrogens is 1. The number of nitrogens with zero attached hydrogens (tertiary/aromatic N) is 2. The van der Waals surface area contributed by atoms with Crippen molar-refractivity contribution in [3.05, 3.63) is 74.5 Å². The highest BCUT2D eigenvalue weighted by molar-refractivity contribution is 6.30. The Hall–Kier alpha value is -3.06. The zero-order chi connectivity index (χ0) is 20.0. The summed E-state index contributed by atoms with van der Waals surface area (Å²) in [6.07, 6.45) is 1.90. The van der Waals surface area contributed by atoms with Crippen LogP contribution in [0.1, 0.15) is 21.5 Å². The van der Waals surface area contributed by atoms with Crippen LogP contribution in [0.4, 0.5) is 4.39 Å². The summed E-state index contributed by atoms with van der Waals surface area (Å²) in [5.74, 6) is -1.14. The number of pyridine rings is 1. The quantitative estimate of drug-likeness (QED) is 0.729. The van der Waals surface area contributed by atoms with Gasteiger partial charge in [0.05, 0.1) is 22.5 Å². The Balaban J connectivity index is 1.78. The van der Waals surface area contributed by atoms with Gasteiger partial charge in [-0.25, -0.2) is 4.39 Å². The first kappa shape index (κ1) is 18.3. The minimum absolute atomic E-state index is 0.0195. The lowest BCUT2D eigenvalue weighted by Gasteiger charge is -2.30. The maximum Gasteiger partial charge on any atom is 0.293 e. The second-order valence-electron chi connectivity index (χ2n) is 6.62. The van der Waals surface area contributed by atoms with Gasteiger partial charge in [-0.3, -0.25) is 9.59 Å². The van der Waals surface area contributed by atoms with E-state index >= 15 is 0 Å². The van der Waals surface area contributed by atoms with Crippen molar-refractivity contribution in [2.45, 2.75) is 13.0 Å². The summed E-state index contributed by atoms with van der Waals surface area (Å²) in [5, 5.41) is 10.4. The third-order valence-corrected chi connectivity index (χ3v) is 5.20. The fourth-order valence-corrected chi connectivity index (χ4v) is 3.75. The van der Waals surface area contributed by atoms with Crippen molar-refractivity contribution in [3.8, 4) is 17.2 Å². The Morgan fingerprint density at radius 2 is 2.07 bits per heavy atom. The molecule has 144 valence electrons. The van der Waals surface area contributed by atoms with Crippen LogP contribution < -0.4 is 5.56 Å². The van der Waals surface area contributed by atoms with Gasteiger partial charge in [0.25, 0.3) is 11.5 Å². The van der Waals surface area contributed by atoms with E-state index in [-0.39, 0.29) is 17.1 Å². The van der Waals surface area contributed by atoms with Gasteiger partial charge in [-0.05, 0) is 41.8 Å². The number of benzene rings is 1. The first-order valence-electron chi connectivity index (χ1n) is 8.60. The summed E-state index contributed by atoms with van der Waals surface area (Å²) >= 11 is 5.82. The lowest BCUT2D eigenvalue weighted by molar-refractivity contribution is 0.0722. The van der Waals surface area contributed by atoms with Gasteiger partial charge in [0.15, 0.2) is 11.5 Å². The van der Waals surface area contributed by atoms with Crippen LogP contribution in [0, 0.1) is 5.82 Å². The van der Waals surface area contributed by atoms with E-state index in [0.29, 0.717) is 35.5 Å². The minimum Gasteiger partial charge on any atom is -0.502 e. The van der Waals surface area contributed by atoms with Gasteiger partial charge in [0, 0.05) is 20.1 Å². The third-order valence-electron chi connectivity index (χ3n) is 4.91. The van der Waals surface area contributed by atoms with Gasteiger partial charge in [-0.2, -0.15) is 0 Å². The number of hydrogen-bond acceptors (Lipinski definition) is 4. The molecule has 0 radical (unpaired) electrons. The topological polar surface area (TPSA) is 75.7 Å². The molecule has 8 heteroatoms. The van der Waals surface area contributed by atoms with Crippen molar-refractivity contribution in [3.63, 3.8) is 0 Å². The van der Waals surface area contributed by atoms with E-state index < -0.39 is 23.0 Å². The second kappa shape index (κ2) is 6.83.